The van der Waals surface area contributed by atoms with Crippen molar-refractivity contribution in [2.45, 2.75) is 54.5 Å². The fraction of sp³-hybridized carbons (Fsp3) is 0.938. The highest BCUT2D eigenvalue weighted by Crippen LogP contribution is 2.19. The lowest BCUT2D eigenvalue weighted by molar-refractivity contribution is -0.135. The molecule has 2 N–H and O–H groups in total. The van der Waals surface area contributed by atoms with E-state index in [-0.39, 0.29) is 11.3 Å². The number of nitrogens with zero attached hydrogens (tertiary/aromatic N) is 2. The molecule has 1 amide bonds. The van der Waals surface area contributed by atoms with Crippen molar-refractivity contribution in [2.75, 3.05) is 32.7 Å². The van der Waals surface area contributed by atoms with Crippen molar-refractivity contribution in [3.63, 3.8) is 0 Å². The normalized spacial score (nSPS) is 13.9. The van der Waals surface area contributed by atoms with Crippen molar-refractivity contribution < 1.29 is 4.79 Å². The van der Waals surface area contributed by atoms with Gasteiger partial charge in [0.2, 0.25) is 5.91 Å². The Labute approximate surface area is 125 Å². The Hall–Kier alpha value is -0.610. The number of amides is 1. The van der Waals surface area contributed by atoms with Gasteiger partial charge in [-0.25, -0.2) is 0 Å². The number of hydrogen-bond donors (Lipinski definition) is 1. The summed E-state index contributed by atoms with van der Waals surface area (Å²) < 4.78 is 0. The fourth-order valence-corrected chi connectivity index (χ4v) is 2.10. The molecule has 0 aromatic heterocycles. The Kier molecular flexibility index (Phi) is 8.36. The molecule has 1 atom stereocenters. The van der Waals surface area contributed by atoms with Gasteiger partial charge in [0.15, 0.2) is 0 Å². The molecule has 0 aromatic rings. The molecule has 0 aliphatic heterocycles. The SMILES string of the molecule is CCN(CC)CCN(CC(C)C)C(=O)C(N)C(C)(C)C. The van der Waals surface area contributed by atoms with Gasteiger partial charge in [0, 0.05) is 19.6 Å². The van der Waals surface area contributed by atoms with E-state index in [9.17, 15) is 4.79 Å². The summed E-state index contributed by atoms with van der Waals surface area (Å²) in [5.74, 6) is 0.543. The molecule has 0 rings (SSSR count). The first-order valence-electron chi connectivity index (χ1n) is 7.90. The minimum absolute atomic E-state index is 0.0818. The zero-order valence-corrected chi connectivity index (χ0v) is 14.6. The number of likely N-dealkylation sites (N-methyl/N-ethyl adjacent to an activating group) is 1. The summed E-state index contributed by atoms with van der Waals surface area (Å²) in [7, 11) is 0. The van der Waals surface area contributed by atoms with Crippen LogP contribution >= 0.6 is 0 Å². The van der Waals surface area contributed by atoms with Crippen LogP contribution in [0.25, 0.3) is 0 Å². The molecular weight excluding hydrogens is 250 g/mol. The summed E-state index contributed by atoms with van der Waals surface area (Å²) in [5.41, 5.74) is 5.94. The monoisotopic (exact) mass is 285 g/mol. The third-order valence-electron chi connectivity index (χ3n) is 3.68. The van der Waals surface area contributed by atoms with Gasteiger partial charge in [-0.3, -0.25) is 4.79 Å². The van der Waals surface area contributed by atoms with Crippen LogP contribution in [-0.4, -0.2) is 54.5 Å². The third kappa shape index (κ3) is 6.71. The van der Waals surface area contributed by atoms with Crippen LogP contribution in [0.3, 0.4) is 0 Å². The molecule has 1 unspecified atom stereocenters. The van der Waals surface area contributed by atoms with E-state index in [1.807, 2.05) is 25.7 Å². The van der Waals surface area contributed by atoms with Crippen LogP contribution < -0.4 is 5.73 Å². The smallest absolute Gasteiger partial charge is 0.240 e. The molecule has 20 heavy (non-hydrogen) atoms. The summed E-state index contributed by atoms with van der Waals surface area (Å²) >= 11 is 0. The maximum absolute atomic E-state index is 12.6. The van der Waals surface area contributed by atoms with Gasteiger partial charge in [-0.15, -0.1) is 0 Å². The van der Waals surface area contributed by atoms with Crippen molar-refractivity contribution in [3.05, 3.63) is 0 Å². The van der Waals surface area contributed by atoms with E-state index >= 15 is 0 Å². The zero-order valence-electron chi connectivity index (χ0n) is 14.6. The Bertz CT molecular complexity index is 280. The quantitative estimate of drug-likeness (QED) is 0.744. The minimum Gasteiger partial charge on any atom is -0.340 e. The molecule has 0 aliphatic carbocycles. The zero-order chi connectivity index (χ0) is 15.9. The van der Waals surface area contributed by atoms with Crippen LogP contribution in [0.4, 0.5) is 0 Å². The minimum atomic E-state index is -0.432. The largest absolute Gasteiger partial charge is 0.340 e. The second kappa shape index (κ2) is 8.63. The summed E-state index contributed by atoms with van der Waals surface area (Å²) in [4.78, 5) is 16.9. The molecule has 0 spiro atoms. The van der Waals surface area contributed by atoms with Crippen LogP contribution in [0, 0.1) is 11.3 Å². The number of carbonyl (C=O) groups excluding carboxylic acids is 1. The summed E-state index contributed by atoms with van der Waals surface area (Å²) in [6.07, 6.45) is 0. The van der Waals surface area contributed by atoms with Gasteiger partial charge in [0.1, 0.15) is 0 Å². The summed E-state index contributed by atoms with van der Waals surface area (Å²) in [6, 6.07) is -0.432. The van der Waals surface area contributed by atoms with Crippen molar-refractivity contribution in [1.29, 1.82) is 0 Å². The predicted molar refractivity (Wildman–Crippen MR) is 86.6 cm³/mol. The van der Waals surface area contributed by atoms with Crippen molar-refractivity contribution in [2.24, 2.45) is 17.1 Å². The average molecular weight is 285 g/mol. The first-order chi connectivity index (χ1) is 9.13. The van der Waals surface area contributed by atoms with E-state index in [0.717, 1.165) is 32.7 Å². The molecule has 4 nitrogen and oxygen atoms in total. The van der Waals surface area contributed by atoms with Gasteiger partial charge in [-0.2, -0.15) is 0 Å². The van der Waals surface area contributed by atoms with E-state index in [1.54, 1.807) is 0 Å². The van der Waals surface area contributed by atoms with Gasteiger partial charge in [-0.1, -0.05) is 48.5 Å². The number of hydrogen-bond acceptors (Lipinski definition) is 3. The average Bonchev–Trinajstić information content (AvgIpc) is 2.35. The molecule has 0 bridgehead atoms. The maximum atomic E-state index is 12.6. The first kappa shape index (κ1) is 19.4. The van der Waals surface area contributed by atoms with E-state index in [2.05, 4.69) is 32.6 Å². The first-order valence-corrected chi connectivity index (χ1v) is 7.90. The van der Waals surface area contributed by atoms with Gasteiger partial charge in [0.05, 0.1) is 6.04 Å². The lowest BCUT2D eigenvalue weighted by Crippen LogP contribution is -2.52. The molecule has 0 radical (unpaired) electrons. The standard InChI is InChI=1S/C16H35N3O/c1-8-18(9-2)10-11-19(12-13(3)4)15(20)14(17)16(5,6)7/h13-14H,8-12,17H2,1-7H3. The van der Waals surface area contributed by atoms with Gasteiger partial charge in [-0.05, 0) is 24.4 Å². The molecule has 0 saturated heterocycles. The Morgan fingerprint density at radius 2 is 1.60 bits per heavy atom. The van der Waals surface area contributed by atoms with Crippen molar-refractivity contribution >= 4 is 5.91 Å². The summed E-state index contributed by atoms with van der Waals surface area (Å²) in [6.45, 7) is 19.2. The highest BCUT2D eigenvalue weighted by molar-refractivity contribution is 5.82. The van der Waals surface area contributed by atoms with Crippen LogP contribution in [0.5, 0.6) is 0 Å². The molecule has 0 saturated carbocycles. The molecule has 0 heterocycles. The van der Waals surface area contributed by atoms with Crippen LogP contribution in [-0.2, 0) is 4.79 Å². The van der Waals surface area contributed by atoms with Gasteiger partial charge in [0.25, 0.3) is 0 Å². The lowest BCUT2D eigenvalue weighted by atomic mass is 9.86. The second-order valence-corrected chi connectivity index (χ2v) is 7.05. The number of carbonyl (C=O) groups is 1. The lowest BCUT2D eigenvalue weighted by Gasteiger charge is -2.34. The maximum Gasteiger partial charge on any atom is 0.240 e. The highest BCUT2D eigenvalue weighted by atomic mass is 16.2. The Balaban J connectivity index is 4.75. The third-order valence-corrected chi connectivity index (χ3v) is 3.68. The molecule has 120 valence electrons. The Morgan fingerprint density at radius 3 is 1.95 bits per heavy atom. The van der Waals surface area contributed by atoms with Crippen molar-refractivity contribution in [3.8, 4) is 0 Å². The summed E-state index contributed by atoms with van der Waals surface area (Å²) in [5, 5.41) is 0. The van der Waals surface area contributed by atoms with Gasteiger partial charge < -0.3 is 15.5 Å². The van der Waals surface area contributed by atoms with Crippen molar-refractivity contribution in [1.82, 2.24) is 9.80 Å². The Morgan fingerprint density at radius 1 is 1.10 bits per heavy atom. The predicted octanol–water partition coefficient (Wildman–Crippen LogP) is 2.19. The van der Waals surface area contributed by atoms with E-state index in [0.29, 0.717) is 5.92 Å². The van der Waals surface area contributed by atoms with Crippen LogP contribution in [0.1, 0.15) is 48.5 Å². The highest BCUT2D eigenvalue weighted by Gasteiger charge is 2.31. The fourth-order valence-electron chi connectivity index (χ4n) is 2.10. The van der Waals surface area contributed by atoms with Crippen LogP contribution in [0.15, 0.2) is 0 Å². The molecule has 0 aromatic carbocycles. The second-order valence-electron chi connectivity index (χ2n) is 7.05. The number of rotatable bonds is 8. The molecule has 0 fully saturated rings. The van der Waals surface area contributed by atoms with Gasteiger partial charge >= 0.3 is 0 Å². The molecule has 4 heteroatoms. The van der Waals surface area contributed by atoms with E-state index < -0.39 is 6.04 Å². The van der Waals surface area contributed by atoms with E-state index in [1.165, 1.54) is 0 Å². The molecular formula is C16H35N3O. The molecule has 0 aliphatic rings. The topological polar surface area (TPSA) is 49.6 Å². The van der Waals surface area contributed by atoms with E-state index in [4.69, 9.17) is 5.73 Å². The van der Waals surface area contributed by atoms with Crippen LogP contribution in [0.2, 0.25) is 0 Å². The number of nitrogens with two attached hydrogens (primary N) is 1.